The third-order valence-corrected chi connectivity index (χ3v) is 5.73. The zero-order chi connectivity index (χ0) is 13.2. The smallest absolute Gasteiger partial charge is 0.157 e. The van der Waals surface area contributed by atoms with Crippen LogP contribution in [0.15, 0.2) is 18.2 Å². The molecule has 1 heterocycles. The van der Waals surface area contributed by atoms with Gasteiger partial charge in [-0.1, -0.05) is 23.8 Å². The van der Waals surface area contributed by atoms with Crippen LogP contribution in [-0.2, 0) is 20.3 Å². The molecule has 1 aromatic rings. The molecule has 0 saturated carbocycles. The first-order valence-corrected chi connectivity index (χ1v) is 8.06. The van der Waals surface area contributed by atoms with E-state index >= 15 is 0 Å². The van der Waals surface area contributed by atoms with Gasteiger partial charge in [0, 0.05) is 13.2 Å². The fourth-order valence-electron chi connectivity index (χ4n) is 2.38. The number of rotatable bonds is 3. The Morgan fingerprint density at radius 2 is 1.89 bits per heavy atom. The summed E-state index contributed by atoms with van der Waals surface area (Å²) in [7, 11) is -3.05. The summed E-state index contributed by atoms with van der Waals surface area (Å²) < 4.78 is 29.9. The fourth-order valence-corrected chi connectivity index (χ4v) is 4.28. The van der Waals surface area contributed by atoms with E-state index in [1.165, 1.54) is 5.56 Å². The van der Waals surface area contributed by atoms with Crippen LogP contribution >= 0.6 is 0 Å². The van der Waals surface area contributed by atoms with Gasteiger partial charge in [0.25, 0.3) is 0 Å². The predicted molar refractivity (Wildman–Crippen MR) is 72.4 cm³/mol. The lowest BCUT2D eigenvalue weighted by Gasteiger charge is -2.22. The van der Waals surface area contributed by atoms with Crippen molar-refractivity contribution in [2.24, 2.45) is 0 Å². The van der Waals surface area contributed by atoms with Gasteiger partial charge in [-0.15, -0.1) is 0 Å². The van der Waals surface area contributed by atoms with Crippen LogP contribution in [0, 0.1) is 13.8 Å². The van der Waals surface area contributed by atoms with Crippen LogP contribution in [-0.4, -0.2) is 26.9 Å². The van der Waals surface area contributed by atoms with Crippen molar-refractivity contribution in [2.45, 2.75) is 37.7 Å². The molecule has 1 aromatic carbocycles. The minimum atomic E-state index is -3.05. The van der Waals surface area contributed by atoms with Gasteiger partial charge in [-0.05, 0) is 37.8 Å². The molecule has 1 aliphatic heterocycles. The van der Waals surface area contributed by atoms with Crippen molar-refractivity contribution >= 4 is 9.84 Å². The normalized spacial score (nSPS) is 17.9. The quantitative estimate of drug-likeness (QED) is 0.845. The Morgan fingerprint density at radius 1 is 1.22 bits per heavy atom. The van der Waals surface area contributed by atoms with E-state index in [0.717, 1.165) is 11.1 Å². The zero-order valence-electron chi connectivity index (χ0n) is 11.0. The molecule has 18 heavy (non-hydrogen) atoms. The molecule has 1 saturated heterocycles. The number of sulfone groups is 1. The molecule has 0 atom stereocenters. The second kappa shape index (κ2) is 5.41. The van der Waals surface area contributed by atoms with Crippen LogP contribution < -0.4 is 0 Å². The standard InChI is InChI=1S/C14H20O3S/c1-11-3-4-13(12(2)9-11)10-18(15,16)14-5-7-17-8-6-14/h3-4,9,14H,5-8,10H2,1-2H3. The molecule has 0 bridgehead atoms. The van der Waals surface area contributed by atoms with Gasteiger partial charge >= 0.3 is 0 Å². The first-order chi connectivity index (χ1) is 8.49. The lowest BCUT2D eigenvalue weighted by Crippen LogP contribution is -2.30. The number of hydrogen-bond acceptors (Lipinski definition) is 3. The minimum absolute atomic E-state index is 0.157. The van der Waals surface area contributed by atoms with Crippen molar-refractivity contribution in [3.63, 3.8) is 0 Å². The highest BCUT2D eigenvalue weighted by Gasteiger charge is 2.28. The number of benzene rings is 1. The molecule has 100 valence electrons. The Hall–Kier alpha value is -0.870. The van der Waals surface area contributed by atoms with Gasteiger partial charge in [-0.25, -0.2) is 8.42 Å². The Bertz CT molecular complexity index is 514. The molecule has 0 spiro atoms. The molecule has 0 N–H and O–H groups in total. The monoisotopic (exact) mass is 268 g/mol. The van der Waals surface area contributed by atoms with E-state index in [2.05, 4.69) is 0 Å². The maximum Gasteiger partial charge on any atom is 0.157 e. The van der Waals surface area contributed by atoms with Crippen molar-refractivity contribution in [3.05, 3.63) is 34.9 Å². The van der Waals surface area contributed by atoms with E-state index in [0.29, 0.717) is 26.1 Å². The number of hydrogen-bond donors (Lipinski definition) is 0. The van der Waals surface area contributed by atoms with Crippen molar-refractivity contribution in [1.29, 1.82) is 0 Å². The maximum absolute atomic E-state index is 12.3. The van der Waals surface area contributed by atoms with E-state index in [1.807, 2.05) is 32.0 Å². The SMILES string of the molecule is Cc1ccc(CS(=O)(=O)C2CCOCC2)c(C)c1. The van der Waals surface area contributed by atoms with Crippen molar-refractivity contribution < 1.29 is 13.2 Å². The van der Waals surface area contributed by atoms with Gasteiger partial charge in [0.05, 0.1) is 11.0 Å². The molecule has 0 radical (unpaired) electrons. The van der Waals surface area contributed by atoms with Crippen LogP contribution in [0.3, 0.4) is 0 Å². The van der Waals surface area contributed by atoms with Crippen LogP contribution in [0.5, 0.6) is 0 Å². The average molecular weight is 268 g/mol. The van der Waals surface area contributed by atoms with Crippen LogP contribution in [0.2, 0.25) is 0 Å². The van der Waals surface area contributed by atoms with Crippen molar-refractivity contribution in [1.82, 2.24) is 0 Å². The molecule has 0 unspecified atom stereocenters. The Kier molecular flexibility index (Phi) is 4.07. The van der Waals surface area contributed by atoms with Gasteiger partial charge in [0.15, 0.2) is 9.84 Å². The average Bonchev–Trinajstić information content (AvgIpc) is 2.34. The highest BCUT2D eigenvalue weighted by Crippen LogP contribution is 2.22. The summed E-state index contributed by atoms with van der Waals surface area (Å²) in [5.74, 6) is 0.157. The third kappa shape index (κ3) is 3.12. The van der Waals surface area contributed by atoms with Gasteiger partial charge in [-0.2, -0.15) is 0 Å². The van der Waals surface area contributed by atoms with E-state index < -0.39 is 9.84 Å². The third-order valence-electron chi connectivity index (χ3n) is 3.53. The Balaban J connectivity index is 2.16. The second-order valence-corrected chi connectivity index (χ2v) is 7.33. The van der Waals surface area contributed by atoms with Gasteiger partial charge in [0.1, 0.15) is 0 Å². The highest BCUT2D eigenvalue weighted by molar-refractivity contribution is 7.91. The van der Waals surface area contributed by atoms with Crippen LogP contribution in [0.1, 0.15) is 29.5 Å². The van der Waals surface area contributed by atoms with Crippen LogP contribution in [0.25, 0.3) is 0 Å². The zero-order valence-corrected chi connectivity index (χ0v) is 11.8. The maximum atomic E-state index is 12.3. The molecule has 0 aromatic heterocycles. The summed E-state index contributed by atoms with van der Waals surface area (Å²) in [6.45, 7) is 5.12. The molecule has 4 heteroatoms. The number of aryl methyl sites for hydroxylation is 2. The lowest BCUT2D eigenvalue weighted by molar-refractivity contribution is 0.0983. The first-order valence-electron chi connectivity index (χ1n) is 6.34. The molecule has 0 aliphatic carbocycles. The molecular weight excluding hydrogens is 248 g/mol. The minimum Gasteiger partial charge on any atom is -0.381 e. The Morgan fingerprint density at radius 3 is 2.50 bits per heavy atom. The van der Waals surface area contributed by atoms with E-state index in [4.69, 9.17) is 4.74 Å². The highest BCUT2D eigenvalue weighted by atomic mass is 32.2. The van der Waals surface area contributed by atoms with E-state index in [1.54, 1.807) is 0 Å². The summed E-state index contributed by atoms with van der Waals surface area (Å²) in [4.78, 5) is 0. The van der Waals surface area contributed by atoms with Crippen LogP contribution in [0.4, 0.5) is 0 Å². The largest absolute Gasteiger partial charge is 0.381 e. The van der Waals surface area contributed by atoms with Gasteiger partial charge < -0.3 is 4.74 Å². The summed E-state index contributed by atoms with van der Waals surface area (Å²) in [5, 5.41) is -0.230. The first kappa shape index (κ1) is 13.6. The molecule has 1 aliphatic rings. The topological polar surface area (TPSA) is 43.4 Å². The fraction of sp³-hybridized carbons (Fsp3) is 0.571. The summed E-state index contributed by atoms with van der Waals surface area (Å²) >= 11 is 0. The van der Waals surface area contributed by atoms with E-state index in [9.17, 15) is 8.42 Å². The predicted octanol–water partition coefficient (Wildman–Crippen LogP) is 2.40. The summed E-state index contributed by atoms with van der Waals surface area (Å²) in [6, 6.07) is 5.94. The lowest BCUT2D eigenvalue weighted by atomic mass is 10.1. The Labute approximate surface area is 109 Å². The molecule has 2 rings (SSSR count). The van der Waals surface area contributed by atoms with Gasteiger partial charge in [-0.3, -0.25) is 0 Å². The molecule has 1 fully saturated rings. The number of ether oxygens (including phenoxy) is 1. The van der Waals surface area contributed by atoms with Gasteiger partial charge in [0.2, 0.25) is 0 Å². The molecular formula is C14H20O3S. The van der Waals surface area contributed by atoms with Crippen molar-refractivity contribution in [2.75, 3.05) is 13.2 Å². The second-order valence-electron chi connectivity index (χ2n) is 5.05. The molecule has 0 amide bonds. The summed E-state index contributed by atoms with van der Waals surface area (Å²) in [6.07, 6.45) is 1.26. The van der Waals surface area contributed by atoms with E-state index in [-0.39, 0.29) is 11.0 Å². The van der Waals surface area contributed by atoms with Crippen molar-refractivity contribution in [3.8, 4) is 0 Å². The summed E-state index contributed by atoms with van der Waals surface area (Å²) in [5.41, 5.74) is 3.15. The molecule has 3 nitrogen and oxygen atoms in total.